The molecule has 0 aliphatic carbocycles. The van der Waals surface area contributed by atoms with Gasteiger partial charge in [-0.3, -0.25) is 14.1 Å². The van der Waals surface area contributed by atoms with Crippen LogP contribution in [-0.4, -0.2) is 52.3 Å². The molecule has 0 amide bonds. The molecule has 0 aromatic heterocycles. The largest absolute Gasteiger partial charge is 0.469 e. The summed E-state index contributed by atoms with van der Waals surface area (Å²) >= 11 is 0. The highest BCUT2D eigenvalue weighted by Gasteiger charge is 2.22. The van der Waals surface area contributed by atoms with Crippen molar-refractivity contribution in [1.29, 1.82) is 0 Å². The van der Waals surface area contributed by atoms with Crippen molar-refractivity contribution >= 4 is 19.8 Å². The maximum Gasteiger partial charge on any atom is 0.469 e. The summed E-state index contributed by atoms with van der Waals surface area (Å²) in [5.41, 5.74) is 0. The van der Waals surface area contributed by atoms with Gasteiger partial charge < -0.3 is 24.4 Å². The van der Waals surface area contributed by atoms with E-state index in [-0.39, 0.29) is 19.4 Å². The van der Waals surface area contributed by atoms with E-state index in [0.717, 1.165) is 32.1 Å². The first-order valence-electron chi connectivity index (χ1n) is 16.7. The second-order valence-corrected chi connectivity index (χ2v) is 12.2. The number of hydrogen-bond donors (Lipinski definition) is 3. The fraction of sp³-hybridized carbons (Fsp3) is 0.657. The van der Waals surface area contributed by atoms with Crippen molar-refractivity contribution in [2.75, 3.05) is 13.2 Å². The van der Waals surface area contributed by atoms with Crippen LogP contribution in [0.3, 0.4) is 0 Å². The third-order valence-electron chi connectivity index (χ3n) is 6.63. The molecule has 0 bridgehead atoms. The van der Waals surface area contributed by atoms with Crippen LogP contribution in [0.2, 0.25) is 0 Å². The van der Waals surface area contributed by atoms with Gasteiger partial charge in [0.15, 0.2) is 6.10 Å². The number of esters is 2. The van der Waals surface area contributed by atoms with Crippen LogP contribution in [0.15, 0.2) is 60.8 Å². The molecule has 0 saturated carbocycles. The number of allylic oxidation sites excluding steroid dienone is 8. The molecule has 258 valence electrons. The summed E-state index contributed by atoms with van der Waals surface area (Å²) in [5.74, 6) is -1.00. The van der Waals surface area contributed by atoms with Gasteiger partial charge in [-0.25, -0.2) is 4.57 Å². The molecular weight excluding hydrogens is 595 g/mol. The number of phosphoric ester groups is 1. The van der Waals surface area contributed by atoms with E-state index < -0.39 is 38.6 Å². The van der Waals surface area contributed by atoms with E-state index in [4.69, 9.17) is 19.3 Å². The molecule has 0 aromatic rings. The fourth-order valence-corrected chi connectivity index (χ4v) is 4.50. The molecule has 2 atom stereocenters. The van der Waals surface area contributed by atoms with Crippen LogP contribution in [-0.2, 0) is 28.2 Å². The van der Waals surface area contributed by atoms with Gasteiger partial charge >= 0.3 is 19.8 Å². The zero-order chi connectivity index (χ0) is 33.4. The number of aliphatic hydroxyl groups excluding tert-OH is 1. The van der Waals surface area contributed by atoms with Crippen molar-refractivity contribution in [2.45, 2.75) is 135 Å². The number of unbranched alkanes of at least 4 members (excludes halogenated alkanes) is 9. The Bertz CT molecular complexity index is 933. The molecule has 10 heteroatoms. The topological polar surface area (TPSA) is 140 Å². The minimum absolute atomic E-state index is 0.100. The lowest BCUT2D eigenvalue weighted by molar-refractivity contribution is -0.161. The van der Waals surface area contributed by atoms with Gasteiger partial charge in [0.05, 0.1) is 12.7 Å². The van der Waals surface area contributed by atoms with Crippen LogP contribution in [0.25, 0.3) is 0 Å². The first-order valence-corrected chi connectivity index (χ1v) is 18.2. The summed E-state index contributed by atoms with van der Waals surface area (Å²) in [6.07, 6.45) is 32.8. The van der Waals surface area contributed by atoms with E-state index in [2.05, 4.69) is 30.5 Å². The minimum atomic E-state index is -4.77. The van der Waals surface area contributed by atoms with E-state index in [1.165, 1.54) is 32.1 Å². The predicted molar refractivity (Wildman–Crippen MR) is 180 cm³/mol. The zero-order valence-corrected chi connectivity index (χ0v) is 28.5. The van der Waals surface area contributed by atoms with Gasteiger partial charge in [0.2, 0.25) is 0 Å². The number of ether oxygens (including phenoxy) is 2. The molecule has 0 aliphatic heterocycles. The van der Waals surface area contributed by atoms with Crippen LogP contribution in [0.4, 0.5) is 0 Å². The van der Waals surface area contributed by atoms with E-state index in [9.17, 15) is 19.3 Å². The van der Waals surface area contributed by atoms with Crippen LogP contribution in [0, 0.1) is 0 Å². The molecule has 1 unspecified atom stereocenters. The molecule has 0 radical (unpaired) electrons. The molecule has 0 aromatic carbocycles. The third kappa shape index (κ3) is 32.9. The quantitative estimate of drug-likeness (QED) is 0.0239. The summed E-state index contributed by atoms with van der Waals surface area (Å²) in [6.45, 7) is 3.39. The predicted octanol–water partition coefficient (Wildman–Crippen LogP) is 8.36. The fourth-order valence-electron chi connectivity index (χ4n) is 4.14. The molecule has 0 rings (SSSR count). The van der Waals surface area contributed by atoms with Gasteiger partial charge in [-0.05, 0) is 44.9 Å². The smallest absolute Gasteiger partial charge is 0.462 e. The van der Waals surface area contributed by atoms with Crippen LogP contribution < -0.4 is 0 Å². The zero-order valence-electron chi connectivity index (χ0n) is 27.6. The van der Waals surface area contributed by atoms with Gasteiger partial charge in [-0.15, -0.1) is 0 Å². The van der Waals surface area contributed by atoms with Crippen molar-refractivity contribution in [3.63, 3.8) is 0 Å². The molecule has 0 fully saturated rings. The number of aliphatic hydroxyl groups is 1. The summed E-state index contributed by atoms with van der Waals surface area (Å²) in [7, 11) is -4.77. The lowest BCUT2D eigenvalue weighted by Crippen LogP contribution is -2.29. The highest BCUT2D eigenvalue weighted by Crippen LogP contribution is 2.35. The molecule has 9 nitrogen and oxygen atoms in total. The third-order valence-corrected chi connectivity index (χ3v) is 7.12. The monoisotopic (exact) mass is 654 g/mol. The number of phosphoric acid groups is 1. The number of carbonyl (C=O) groups excluding carboxylic acids is 2. The minimum Gasteiger partial charge on any atom is -0.462 e. The van der Waals surface area contributed by atoms with Crippen molar-refractivity contribution in [2.24, 2.45) is 0 Å². The summed E-state index contributed by atoms with van der Waals surface area (Å²) < 4.78 is 26.1. The van der Waals surface area contributed by atoms with Crippen LogP contribution >= 0.6 is 7.82 Å². The van der Waals surface area contributed by atoms with Gasteiger partial charge in [0.25, 0.3) is 0 Å². The second kappa shape index (κ2) is 30.4. The Balaban J connectivity index is 4.23. The lowest BCUT2D eigenvalue weighted by atomic mass is 10.1. The van der Waals surface area contributed by atoms with Crippen LogP contribution in [0.5, 0.6) is 0 Å². The van der Waals surface area contributed by atoms with E-state index >= 15 is 0 Å². The lowest BCUT2D eigenvalue weighted by Gasteiger charge is -2.18. The number of carbonyl (C=O) groups is 2. The average molecular weight is 655 g/mol. The summed E-state index contributed by atoms with van der Waals surface area (Å²) in [5, 5.41) is 9.94. The number of hydrogen-bond acceptors (Lipinski definition) is 7. The second-order valence-electron chi connectivity index (χ2n) is 11.0. The Hall–Kier alpha value is -2.29. The Morgan fingerprint density at radius 1 is 0.711 bits per heavy atom. The Morgan fingerprint density at radius 2 is 1.33 bits per heavy atom. The maximum absolute atomic E-state index is 12.3. The summed E-state index contributed by atoms with van der Waals surface area (Å²) in [6, 6.07) is 0. The maximum atomic E-state index is 12.3. The molecule has 3 N–H and O–H groups in total. The first kappa shape index (κ1) is 42.7. The standard InChI is InChI=1S/C35H59O9P/c1-3-5-7-9-11-12-16-20-24-28-34(37)42-30-33(31-43-45(39,40)41)44-35(38)29-25-21-17-14-13-15-19-23-27-32(36)26-22-18-10-8-6-4-2/h6,8,14-15,17-19,22-23,27,32-33,36H,3-5,7,9-13,16,20-21,24-26,28-31H2,1-2H3,(H2,39,40,41)/b8-6-,17-14-,19-15-,22-18-,27-23+/t32?,33-/m1/s1. The summed E-state index contributed by atoms with van der Waals surface area (Å²) in [4.78, 5) is 42.4. The Labute approximate surface area is 271 Å². The van der Waals surface area contributed by atoms with Gasteiger partial charge in [0, 0.05) is 12.8 Å². The molecule has 0 saturated heterocycles. The van der Waals surface area contributed by atoms with Gasteiger partial charge in [-0.1, -0.05) is 126 Å². The molecule has 45 heavy (non-hydrogen) atoms. The van der Waals surface area contributed by atoms with Gasteiger partial charge in [0.1, 0.15) is 6.61 Å². The Morgan fingerprint density at radius 3 is 2.02 bits per heavy atom. The van der Waals surface area contributed by atoms with Crippen molar-refractivity contribution in [1.82, 2.24) is 0 Å². The average Bonchev–Trinajstić information content (AvgIpc) is 2.99. The molecule has 0 heterocycles. The molecule has 0 aliphatic rings. The Kier molecular flexibility index (Phi) is 28.8. The van der Waals surface area contributed by atoms with Crippen molar-refractivity contribution in [3.8, 4) is 0 Å². The van der Waals surface area contributed by atoms with E-state index in [1.54, 1.807) is 6.08 Å². The van der Waals surface area contributed by atoms with Crippen molar-refractivity contribution < 1.29 is 43.0 Å². The first-order chi connectivity index (χ1) is 21.7. The molecular formula is C35H59O9P. The highest BCUT2D eigenvalue weighted by molar-refractivity contribution is 7.46. The number of rotatable bonds is 29. The van der Waals surface area contributed by atoms with E-state index in [0.29, 0.717) is 32.1 Å². The normalized spacial score (nSPS) is 14.0. The highest BCUT2D eigenvalue weighted by atomic mass is 31.2. The van der Waals surface area contributed by atoms with Gasteiger partial charge in [-0.2, -0.15) is 0 Å². The van der Waals surface area contributed by atoms with E-state index in [1.807, 2.05) is 42.5 Å². The molecule has 0 spiro atoms. The van der Waals surface area contributed by atoms with Crippen LogP contribution in [0.1, 0.15) is 123 Å². The SMILES string of the molecule is CC/C=C\C/C=C\CC(O)/C=C/C=C\C/C=C\CCCC(=O)O[C@H](COC(=O)CCCCCCCCCCC)COP(=O)(O)O. The van der Waals surface area contributed by atoms with Crippen molar-refractivity contribution in [3.05, 3.63) is 60.8 Å².